The molecule has 132 heavy (non-hydrogen) atoms. The van der Waals surface area contributed by atoms with Gasteiger partial charge in [0.15, 0.2) is 0 Å². The number of aliphatic carboxylic acids is 2. The highest BCUT2D eigenvalue weighted by atomic mass is 16.5. The number of ketones is 2. The van der Waals surface area contributed by atoms with Crippen LogP contribution in [-0.4, -0.2) is 388 Å². The van der Waals surface area contributed by atoms with Crippen LogP contribution >= 0.6 is 0 Å². The van der Waals surface area contributed by atoms with Gasteiger partial charge in [-0.25, -0.2) is 0 Å². The molecule has 0 saturated carbocycles. The second-order valence-electron chi connectivity index (χ2n) is 47.3. The van der Waals surface area contributed by atoms with Crippen molar-refractivity contribution >= 4 is 41.4 Å². The van der Waals surface area contributed by atoms with Crippen molar-refractivity contribution < 1.29 is 91.1 Å². The number of ether oxygens (including phenoxy) is 10. The Morgan fingerprint density at radius 1 is 0.402 bits per heavy atom. The largest absolute Gasteiger partial charge is 0.481 e. The van der Waals surface area contributed by atoms with Crippen molar-refractivity contribution in [1.82, 2.24) is 55.6 Å². The summed E-state index contributed by atoms with van der Waals surface area (Å²) >= 11 is 0. The zero-order chi connectivity index (χ0) is 106. The van der Waals surface area contributed by atoms with Crippen LogP contribution in [0.2, 0.25) is 0 Å². The number of likely N-dealkylation sites (N-methyl/N-ethyl adjacent to an activating group) is 7. The summed E-state index contributed by atoms with van der Waals surface area (Å²) in [7, 11) is 24.2. The highest BCUT2D eigenvalue weighted by Crippen LogP contribution is 2.23. The van der Waals surface area contributed by atoms with Crippen LogP contribution in [0.15, 0.2) is 0 Å². The molecule has 3 aliphatic rings. The molecule has 0 aromatic carbocycles. The molecule has 0 aromatic rings. The maximum atomic E-state index is 11.3. The Bertz CT molecular complexity index is 2780. The van der Waals surface area contributed by atoms with Crippen molar-refractivity contribution in [2.24, 2.45) is 38.9 Å². The van der Waals surface area contributed by atoms with Gasteiger partial charge in [0.05, 0.1) is 150 Å². The number of amides is 1. The number of piperidine rings is 2. The van der Waals surface area contributed by atoms with Gasteiger partial charge in [0.1, 0.15) is 11.6 Å². The second kappa shape index (κ2) is 76.8. The number of methoxy groups -OCH3 is 2. The average Bonchev–Trinajstić information content (AvgIpc) is 0.925. The number of likely N-dealkylation sites (tertiary alicyclic amines) is 1. The number of nitrogens with zero attached hydrogens (tertiary/aromatic N) is 7. The summed E-state index contributed by atoms with van der Waals surface area (Å²) in [5, 5.41) is 28.8. The lowest BCUT2D eigenvalue weighted by atomic mass is 9.90. The lowest BCUT2D eigenvalue weighted by Gasteiger charge is -2.31. The molecule has 30 heteroatoms. The standard InChI is InChI=1S/C11H23NO.C10H21NO3.C10H21NO2.C10H21NO.C9H20N2O.C9H19NO3.C9H19NO.C8H19NO.C8H17NO.C7H17NO.C6H12O2.C5H10O2/c1-11(2,3)13-9-10-5-7-12(4)8-6-10;1-10(2,3)14-7-6-11(4)8-9(12)13-5;1-10(2,3)13-9-6-11-4-7-12-8-5-11;1-10(2,3)12-8-9-4-6-11-7-5-9;1-9(2,3)8(12)10-6-7-11(4)5;1-9(2,3)13-6-5-10(4)7-8(11)12;1-9(2,3)6-8(11)7-10(4)5;1-8(2,3)10-7-6-9(4)5;1-8(2,3)5-7(10)6-9-4;1-7(2,3)9-6-5-8-4;1-6(2,3)5(7)8-4;1-5(2,3)4(6)7/h10H,5-9H2,1-4H3;6-8H2,1-5H3;4-9H2,1-3H3;9,11H,4-8H2,1-3H3;6-7H2,1-5H3,(H,10,12);5-7H2,1-4H3,(H,11,12);6-7H2,1-5H3;6-7H2,1-5H3;9H,5-6H2,1-4H3;8H,5-6H2,1-4H3;1-4H3;1-3H3,(H,6,7). The van der Waals surface area contributed by atoms with E-state index in [1.807, 2.05) is 154 Å². The smallest absolute Gasteiger partial charge is 0.319 e. The molecule has 0 aliphatic carbocycles. The third-order valence-corrected chi connectivity index (χ3v) is 17.1. The Kier molecular flexibility index (Phi) is 84.8. The second-order valence-corrected chi connectivity index (χ2v) is 47.3. The van der Waals surface area contributed by atoms with Crippen LogP contribution in [-0.2, 0) is 80.9 Å². The third-order valence-electron chi connectivity index (χ3n) is 17.1. The fraction of sp³-hybridized carbons (Fsp3) is 0.931. The first-order valence-corrected chi connectivity index (χ1v) is 48.0. The molecule has 3 heterocycles. The van der Waals surface area contributed by atoms with Crippen LogP contribution in [0.25, 0.3) is 0 Å². The fourth-order valence-corrected chi connectivity index (χ4v) is 9.82. The zero-order valence-electron chi connectivity index (χ0n) is 95.2. The van der Waals surface area contributed by atoms with Gasteiger partial charge in [-0.15, -0.1) is 0 Å². The Balaban J connectivity index is -0.000000179. The highest BCUT2D eigenvalue weighted by Gasteiger charge is 2.26. The number of nitrogens with one attached hydrogen (secondary N) is 4. The predicted molar refractivity (Wildman–Crippen MR) is 550 cm³/mol. The van der Waals surface area contributed by atoms with Crippen molar-refractivity contribution in [2.75, 3.05) is 262 Å². The summed E-state index contributed by atoms with van der Waals surface area (Å²) in [5.41, 5.74) is -1.13. The lowest BCUT2D eigenvalue weighted by Crippen LogP contribution is -2.39. The van der Waals surface area contributed by atoms with E-state index in [4.69, 9.17) is 48.1 Å². The van der Waals surface area contributed by atoms with E-state index in [1.165, 1.54) is 53.0 Å². The Morgan fingerprint density at radius 2 is 0.758 bits per heavy atom. The number of morpholine rings is 1. The van der Waals surface area contributed by atoms with Gasteiger partial charge < -0.3 is 98.4 Å². The Morgan fingerprint density at radius 3 is 1.06 bits per heavy atom. The normalized spacial score (nSPS) is 14.6. The van der Waals surface area contributed by atoms with Gasteiger partial charge in [-0.3, -0.25) is 48.3 Å². The number of carbonyl (C=O) groups is 7. The van der Waals surface area contributed by atoms with E-state index < -0.39 is 17.4 Å². The van der Waals surface area contributed by atoms with Gasteiger partial charge in [0, 0.05) is 77.2 Å². The zero-order valence-corrected chi connectivity index (χ0v) is 95.2. The summed E-state index contributed by atoms with van der Waals surface area (Å²) in [6.45, 7) is 93.5. The molecule has 0 unspecified atom stereocenters. The van der Waals surface area contributed by atoms with Crippen LogP contribution in [0.5, 0.6) is 0 Å². The molecule has 1 amide bonds. The van der Waals surface area contributed by atoms with Crippen molar-refractivity contribution in [2.45, 2.75) is 327 Å². The van der Waals surface area contributed by atoms with Gasteiger partial charge in [0.2, 0.25) is 5.91 Å². The molecule has 3 fully saturated rings. The van der Waals surface area contributed by atoms with Gasteiger partial charge in [-0.2, -0.15) is 0 Å². The van der Waals surface area contributed by atoms with Gasteiger partial charge in [-0.05, 0) is 339 Å². The number of carboxylic acid groups (broad SMARTS) is 2. The molecule has 0 radical (unpaired) electrons. The number of hydrogen-bond acceptors (Lipinski definition) is 27. The topological polar surface area (TPSA) is 323 Å². The van der Waals surface area contributed by atoms with Crippen LogP contribution in [0.4, 0.5) is 0 Å². The first-order valence-electron chi connectivity index (χ1n) is 48.0. The number of rotatable bonds is 32. The van der Waals surface area contributed by atoms with Crippen LogP contribution in [0.1, 0.15) is 288 Å². The molecular weight excluding hydrogens is 1680 g/mol. The van der Waals surface area contributed by atoms with E-state index in [9.17, 15) is 33.6 Å². The number of Topliss-reactive ketones (excluding diaryl/α,β-unsaturated/α-hetero) is 2. The van der Waals surface area contributed by atoms with Gasteiger partial charge in [0.25, 0.3) is 0 Å². The molecule has 796 valence electrons. The van der Waals surface area contributed by atoms with Crippen LogP contribution in [0.3, 0.4) is 0 Å². The maximum Gasteiger partial charge on any atom is 0.319 e. The third kappa shape index (κ3) is 134. The fourth-order valence-electron chi connectivity index (χ4n) is 9.82. The van der Waals surface area contributed by atoms with E-state index in [-0.39, 0.29) is 91.0 Å². The molecule has 3 saturated heterocycles. The first-order chi connectivity index (χ1) is 59.3. The number of carbonyl (C=O) groups excluding carboxylic acids is 5. The minimum absolute atomic E-state index is 0.00765. The summed E-state index contributed by atoms with van der Waals surface area (Å²) in [4.78, 5) is 89.8. The van der Waals surface area contributed by atoms with E-state index in [0.29, 0.717) is 58.0 Å². The predicted octanol–water partition coefficient (Wildman–Crippen LogP) is 15.0. The summed E-state index contributed by atoms with van der Waals surface area (Å²) < 4.78 is 53.3. The summed E-state index contributed by atoms with van der Waals surface area (Å²) in [6, 6.07) is 0. The number of hydrogen-bond donors (Lipinski definition) is 6. The highest BCUT2D eigenvalue weighted by molar-refractivity contribution is 5.82. The van der Waals surface area contributed by atoms with Crippen molar-refractivity contribution in [1.29, 1.82) is 0 Å². The summed E-state index contributed by atoms with van der Waals surface area (Å²) in [6.07, 6.45) is 6.48. The molecule has 0 spiro atoms. The van der Waals surface area contributed by atoms with E-state index >= 15 is 0 Å². The number of carboxylic acids is 2. The van der Waals surface area contributed by atoms with E-state index in [1.54, 1.807) is 39.8 Å². The SMILES string of the molecule is CC(C)(C)C(=O)O.CC(C)(C)OCC1CCNCC1.CC(C)(C)OCCN1CCOCC1.CN(C)CC(=O)CC(C)(C)C.CN(C)CCNC(=O)C(C)(C)C.CN(C)CCOC(C)(C)C.CN(CCOC(C)(C)C)CC(=O)O.CN1CCC(COC(C)(C)C)CC1.CNCC(=O)CC(C)(C)C.CNCCOC(C)(C)C.COC(=O)C(C)(C)C.COC(=O)CN(C)CCOC(C)(C)C. The van der Waals surface area contributed by atoms with Gasteiger partial charge >= 0.3 is 23.9 Å². The van der Waals surface area contributed by atoms with Gasteiger partial charge in [-0.1, -0.05) is 62.3 Å². The maximum absolute atomic E-state index is 11.3. The first kappa shape index (κ1) is 146. The molecule has 30 nitrogen and oxygen atoms in total. The van der Waals surface area contributed by atoms with E-state index in [0.717, 1.165) is 124 Å². The number of esters is 2. The molecule has 6 N–H and O–H groups in total. The Labute approximate surface area is 812 Å². The lowest BCUT2D eigenvalue weighted by molar-refractivity contribution is -0.149. The molecular formula is C102H219N11O19. The molecule has 3 rings (SSSR count). The summed E-state index contributed by atoms with van der Waals surface area (Å²) in [5.74, 6) is 0.342. The van der Waals surface area contributed by atoms with E-state index in [2.05, 4.69) is 198 Å². The van der Waals surface area contributed by atoms with Crippen molar-refractivity contribution in [3.63, 3.8) is 0 Å². The van der Waals surface area contributed by atoms with Crippen LogP contribution < -0.4 is 21.3 Å². The molecule has 0 atom stereocenters. The molecule has 3 aliphatic heterocycles. The Hall–Kier alpha value is -4.03. The van der Waals surface area contributed by atoms with Crippen LogP contribution in [0, 0.1) is 38.9 Å². The minimum atomic E-state index is -0.807. The molecule has 0 aromatic heterocycles. The monoisotopic (exact) mass is 1900 g/mol. The van der Waals surface area contributed by atoms with Crippen molar-refractivity contribution in [3.8, 4) is 0 Å². The average molecular weight is 1900 g/mol. The molecule has 0 bridgehead atoms. The minimum Gasteiger partial charge on any atom is -0.481 e. The van der Waals surface area contributed by atoms with Crippen molar-refractivity contribution in [3.05, 3.63) is 0 Å². The quantitative estimate of drug-likeness (QED) is 0.0269.